The molecule has 0 aliphatic rings. The van der Waals surface area contributed by atoms with E-state index in [0.29, 0.717) is 0 Å². The molecule has 0 aliphatic heterocycles. The Hall–Kier alpha value is -1.62. The Morgan fingerprint density at radius 1 is 1.50 bits per heavy atom. The summed E-state index contributed by atoms with van der Waals surface area (Å²) >= 11 is 5.49. The monoisotopic (exact) mass is 245 g/mol. The average molecular weight is 246 g/mol. The topological polar surface area (TPSA) is 66.4 Å². The van der Waals surface area contributed by atoms with Crippen LogP contribution in [0.15, 0.2) is 18.2 Å². The molecule has 0 heterocycles. The minimum atomic E-state index is -1.20. The highest BCUT2D eigenvalue weighted by atomic mass is 35.5. The Morgan fingerprint density at radius 3 is 2.69 bits per heavy atom. The molecule has 0 bridgehead atoms. The highest BCUT2D eigenvalue weighted by Crippen LogP contribution is 2.17. The molecular formula is C10H9ClFNO3. The van der Waals surface area contributed by atoms with Gasteiger partial charge >= 0.3 is 5.97 Å². The van der Waals surface area contributed by atoms with E-state index in [9.17, 15) is 14.0 Å². The predicted molar refractivity (Wildman–Crippen MR) is 56.0 cm³/mol. The number of carboxylic acid groups (broad SMARTS) is 1. The van der Waals surface area contributed by atoms with Crippen LogP contribution in [-0.4, -0.2) is 23.0 Å². The third-order valence-electron chi connectivity index (χ3n) is 1.91. The van der Waals surface area contributed by atoms with Crippen molar-refractivity contribution in [1.82, 2.24) is 5.32 Å². The molecule has 0 saturated heterocycles. The van der Waals surface area contributed by atoms with Crippen molar-refractivity contribution in [3.63, 3.8) is 0 Å². The number of amides is 1. The number of carboxylic acids is 1. The molecule has 0 radical (unpaired) electrons. The molecular weight excluding hydrogens is 237 g/mol. The molecule has 0 spiro atoms. The first-order valence-corrected chi connectivity index (χ1v) is 4.79. The molecule has 0 fully saturated rings. The zero-order chi connectivity index (χ0) is 12.3. The number of aliphatic carboxylic acids is 1. The smallest absolute Gasteiger partial charge is 0.325 e. The summed E-state index contributed by atoms with van der Waals surface area (Å²) in [6.07, 6.45) is 0. The highest BCUT2D eigenvalue weighted by molar-refractivity contribution is 6.31. The van der Waals surface area contributed by atoms with Crippen LogP contribution >= 0.6 is 11.6 Å². The van der Waals surface area contributed by atoms with Gasteiger partial charge in [0.05, 0.1) is 10.6 Å². The summed E-state index contributed by atoms with van der Waals surface area (Å²) in [5.41, 5.74) is -0.277. The van der Waals surface area contributed by atoms with Crippen LogP contribution in [0, 0.1) is 5.82 Å². The van der Waals surface area contributed by atoms with E-state index in [-0.39, 0.29) is 10.6 Å². The number of carbonyl (C=O) groups excluding carboxylic acids is 1. The predicted octanol–water partition coefficient (Wildman–Crippen LogP) is 1.68. The van der Waals surface area contributed by atoms with E-state index < -0.39 is 23.7 Å². The second-order valence-electron chi connectivity index (χ2n) is 3.13. The highest BCUT2D eigenvalue weighted by Gasteiger charge is 2.18. The van der Waals surface area contributed by atoms with Crippen LogP contribution in [0.5, 0.6) is 0 Å². The fourth-order valence-electron chi connectivity index (χ4n) is 1.02. The number of carbonyl (C=O) groups is 2. The number of halogens is 2. The van der Waals surface area contributed by atoms with Gasteiger partial charge < -0.3 is 10.4 Å². The Kier molecular flexibility index (Phi) is 3.84. The molecule has 16 heavy (non-hydrogen) atoms. The van der Waals surface area contributed by atoms with Crippen molar-refractivity contribution in [1.29, 1.82) is 0 Å². The van der Waals surface area contributed by atoms with Gasteiger partial charge in [0, 0.05) is 0 Å². The molecule has 0 unspecified atom stereocenters. The Morgan fingerprint density at radius 2 is 2.12 bits per heavy atom. The number of hydrogen-bond donors (Lipinski definition) is 2. The van der Waals surface area contributed by atoms with Crippen LogP contribution in [0.2, 0.25) is 5.02 Å². The first-order valence-electron chi connectivity index (χ1n) is 4.41. The lowest BCUT2D eigenvalue weighted by molar-refractivity contribution is -0.138. The molecule has 0 aromatic heterocycles. The second-order valence-corrected chi connectivity index (χ2v) is 3.54. The Bertz CT molecular complexity index is 436. The van der Waals surface area contributed by atoms with E-state index >= 15 is 0 Å². The van der Waals surface area contributed by atoms with E-state index in [1.54, 1.807) is 0 Å². The van der Waals surface area contributed by atoms with Gasteiger partial charge in [-0.2, -0.15) is 0 Å². The van der Waals surface area contributed by atoms with Gasteiger partial charge in [0.2, 0.25) is 0 Å². The molecule has 2 N–H and O–H groups in total. The molecule has 0 aliphatic carbocycles. The molecule has 86 valence electrons. The van der Waals surface area contributed by atoms with E-state index in [2.05, 4.69) is 5.32 Å². The van der Waals surface area contributed by atoms with Crippen LogP contribution in [0.4, 0.5) is 4.39 Å². The van der Waals surface area contributed by atoms with Crippen LogP contribution < -0.4 is 5.32 Å². The quantitative estimate of drug-likeness (QED) is 0.852. The van der Waals surface area contributed by atoms with Crippen LogP contribution in [0.3, 0.4) is 0 Å². The summed E-state index contributed by atoms with van der Waals surface area (Å²) in [6.45, 7) is 1.28. The van der Waals surface area contributed by atoms with Gasteiger partial charge in [0.15, 0.2) is 5.82 Å². The maximum absolute atomic E-state index is 13.4. The van der Waals surface area contributed by atoms with Gasteiger partial charge in [-0.25, -0.2) is 4.39 Å². The van der Waals surface area contributed by atoms with Crippen molar-refractivity contribution < 1.29 is 19.1 Å². The molecule has 1 atom stereocenters. The summed E-state index contributed by atoms with van der Waals surface area (Å²) < 4.78 is 13.4. The number of benzene rings is 1. The zero-order valence-electron chi connectivity index (χ0n) is 8.33. The lowest BCUT2D eigenvalue weighted by atomic mass is 10.2. The maximum Gasteiger partial charge on any atom is 0.325 e. The standard InChI is InChI=1S/C10H9ClFNO3/c1-5(10(15)16)13-9(14)6-3-2-4-7(11)8(6)12/h2-5H,1H3,(H,13,14)(H,15,16)/t5-/m1/s1. The Balaban J connectivity index is 2.89. The van der Waals surface area contributed by atoms with E-state index in [0.717, 1.165) is 0 Å². The van der Waals surface area contributed by atoms with E-state index in [1.807, 2.05) is 0 Å². The second kappa shape index (κ2) is 4.94. The summed E-state index contributed by atoms with van der Waals surface area (Å²) in [5.74, 6) is -2.87. The molecule has 1 aromatic carbocycles. The van der Waals surface area contributed by atoms with Crippen LogP contribution in [0.25, 0.3) is 0 Å². The Labute approximate surface area is 96.0 Å². The maximum atomic E-state index is 13.4. The van der Waals surface area contributed by atoms with Crippen molar-refractivity contribution in [3.8, 4) is 0 Å². The normalized spacial score (nSPS) is 11.9. The van der Waals surface area contributed by atoms with Gasteiger partial charge in [0.1, 0.15) is 6.04 Å². The van der Waals surface area contributed by atoms with Gasteiger partial charge in [-0.05, 0) is 19.1 Å². The van der Waals surface area contributed by atoms with Gasteiger partial charge in [-0.3, -0.25) is 9.59 Å². The largest absolute Gasteiger partial charge is 0.480 e. The third kappa shape index (κ3) is 2.70. The minimum absolute atomic E-state index is 0.185. The van der Waals surface area contributed by atoms with Gasteiger partial charge in [-0.1, -0.05) is 17.7 Å². The lowest BCUT2D eigenvalue weighted by Gasteiger charge is -2.09. The summed E-state index contributed by atoms with van der Waals surface area (Å²) in [4.78, 5) is 21.9. The number of nitrogens with one attached hydrogen (secondary N) is 1. The minimum Gasteiger partial charge on any atom is -0.480 e. The third-order valence-corrected chi connectivity index (χ3v) is 2.21. The van der Waals surface area contributed by atoms with Crippen LogP contribution in [-0.2, 0) is 4.79 Å². The first kappa shape index (κ1) is 12.4. The van der Waals surface area contributed by atoms with Crippen LogP contribution in [0.1, 0.15) is 17.3 Å². The number of rotatable bonds is 3. The van der Waals surface area contributed by atoms with E-state index in [4.69, 9.17) is 16.7 Å². The van der Waals surface area contributed by atoms with Crippen molar-refractivity contribution in [3.05, 3.63) is 34.6 Å². The molecule has 1 amide bonds. The summed E-state index contributed by atoms with van der Waals surface area (Å²) in [5, 5.41) is 10.5. The lowest BCUT2D eigenvalue weighted by Crippen LogP contribution is -2.38. The average Bonchev–Trinajstić information content (AvgIpc) is 2.21. The molecule has 4 nitrogen and oxygen atoms in total. The first-order chi connectivity index (χ1) is 7.43. The van der Waals surface area contributed by atoms with Crippen molar-refractivity contribution >= 4 is 23.5 Å². The van der Waals surface area contributed by atoms with Crippen molar-refractivity contribution in [2.75, 3.05) is 0 Å². The van der Waals surface area contributed by atoms with E-state index in [1.165, 1.54) is 25.1 Å². The van der Waals surface area contributed by atoms with Crippen molar-refractivity contribution in [2.45, 2.75) is 13.0 Å². The molecule has 1 rings (SSSR count). The SMILES string of the molecule is C[C@@H](NC(=O)c1cccc(Cl)c1F)C(=O)O. The number of hydrogen-bond acceptors (Lipinski definition) is 2. The summed E-state index contributed by atoms with van der Waals surface area (Å²) in [7, 11) is 0. The van der Waals surface area contributed by atoms with Gasteiger partial charge in [-0.15, -0.1) is 0 Å². The zero-order valence-corrected chi connectivity index (χ0v) is 9.08. The molecule has 6 heteroatoms. The fourth-order valence-corrected chi connectivity index (χ4v) is 1.19. The van der Waals surface area contributed by atoms with Gasteiger partial charge in [0.25, 0.3) is 5.91 Å². The molecule has 0 saturated carbocycles. The summed E-state index contributed by atoms with van der Waals surface area (Å²) in [6, 6.07) is 2.84. The fraction of sp³-hybridized carbons (Fsp3) is 0.200. The molecule has 1 aromatic rings. The van der Waals surface area contributed by atoms with Crippen molar-refractivity contribution in [2.24, 2.45) is 0 Å².